The van der Waals surface area contributed by atoms with Crippen LogP contribution in [-0.4, -0.2) is 49.4 Å². The van der Waals surface area contributed by atoms with Crippen molar-refractivity contribution >= 4 is 17.5 Å². The molecule has 144 valence electrons. The van der Waals surface area contributed by atoms with E-state index in [9.17, 15) is 4.79 Å². The Balaban J connectivity index is 1.42. The van der Waals surface area contributed by atoms with Gasteiger partial charge in [-0.15, -0.1) is 0 Å². The van der Waals surface area contributed by atoms with Crippen molar-refractivity contribution in [2.45, 2.75) is 19.4 Å². The molecule has 27 heavy (non-hydrogen) atoms. The van der Waals surface area contributed by atoms with Crippen LogP contribution < -0.4 is 20.3 Å². The molecule has 0 aliphatic carbocycles. The van der Waals surface area contributed by atoms with E-state index in [1.165, 1.54) is 12.8 Å². The first-order chi connectivity index (χ1) is 13.2. The Morgan fingerprint density at radius 1 is 1.11 bits per heavy atom. The lowest BCUT2D eigenvalue weighted by molar-refractivity contribution is 0.144. The Bertz CT molecular complexity index is 715. The van der Waals surface area contributed by atoms with Crippen LogP contribution in [0.4, 0.5) is 16.3 Å². The normalized spacial score (nSPS) is 13.4. The van der Waals surface area contributed by atoms with Gasteiger partial charge in [-0.05, 0) is 30.5 Å². The van der Waals surface area contributed by atoms with Crippen molar-refractivity contribution in [1.82, 2.24) is 15.3 Å². The summed E-state index contributed by atoms with van der Waals surface area (Å²) in [6.45, 7) is 3.47. The summed E-state index contributed by atoms with van der Waals surface area (Å²) in [6.07, 6.45) is 5.80. The number of anilines is 2. The van der Waals surface area contributed by atoms with Crippen LogP contribution in [0.1, 0.15) is 18.4 Å². The molecule has 2 amide bonds. The zero-order valence-corrected chi connectivity index (χ0v) is 15.5. The van der Waals surface area contributed by atoms with Gasteiger partial charge in [0.15, 0.2) is 0 Å². The fraction of sp³-hybridized carbons (Fsp3) is 0.421. The van der Waals surface area contributed by atoms with Crippen molar-refractivity contribution < 1.29 is 14.3 Å². The van der Waals surface area contributed by atoms with Crippen LogP contribution in [-0.2, 0) is 11.3 Å². The SMILES string of the molecule is COCCOc1ccc(NC(=O)NCc2ccc(N3CCCC3)nc2)cn1. The van der Waals surface area contributed by atoms with Gasteiger partial charge in [0.05, 0.1) is 18.5 Å². The predicted octanol–water partition coefficient (Wildman–Crippen LogP) is 2.42. The molecule has 2 aromatic rings. The minimum Gasteiger partial charge on any atom is -0.475 e. The first kappa shape index (κ1) is 18.9. The van der Waals surface area contributed by atoms with Crippen LogP contribution in [0.15, 0.2) is 36.7 Å². The van der Waals surface area contributed by atoms with Gasteiger partial charge in [-0.1, -0.05) is 6.07 Å². The van der Waals surface area contributed by atoms with E-state index in [2.05, 4.69) is 25.5 Å². The topological polar surface area (TPSA) is 88.6 Å². The highest BCUT2D eigenvalue weighted by Crippen LogP contribution is 2.17. The molecule has 3 rings (SSSR count). The van der Waals surface area contributed by atoms with Gasteiger partial charge in [-0.2, -0.15) is 0 Å². The van der Waals surface area contributed by atoms with Gasteiger partial charge in [-0.3, -0.25) is 0 Å². The molecule has 8 nitrogen and oxygen atoms in total. The Morgan fingerprint density at radius 2 is 1.96 bits per heavy atom. The van der Waals surface area contributed by atoms with Crippen LogP contribution in [0.3, 0.4) is 0 Å². The lowest BCUT2D eigenvalue weighted by atomic mass is 10.3. The first-order valence-corrected chi connectivity index (χ1v) is 9.07. The maximum absolute atomic E-state index is 12.0. The van der Waals surface area contributed by atoms with Gasteiger partial charge in [0.1, 0.15) is 12.4 Å². The third kappa shape index (κ3) is 5.82. The van der Waals surface area contributed by atoms with Gasteiger partial charge in [0, 0.05) is 39.0 Å². The fourth-order valence-corrected chi connectivity index (χ4v) is 2.78. The number of hydrogen-bond acceptors (Lipinski definition) is 6. The zero-order valence-electron chi connectivity index (χ0n) is 15.5. The molecule has 1 aliphatic heterocycles. The second kappa shape index (κ2) is 9.72. The van der Waals surface area contributed by atoms with E-state index in [1.54, 1.807) is 25.4 Å². The quantitative estimate of drug-likeness (QED) is 0.693. The molecular formula is C19H25N5O3. The molecule has 1 aliphatic rings. The smallest absolute Gasteiger partial charge is 0.319 e. The number of aromatic nitrogens is 2. The van der Waals surface area contributed by atoms with Crippen LogP contribution >= 0.6 is 0 Å². The largest absolute Gasteiger partial charge is 0.475 e. The van der Waals surface area contributed by atoms with Crippen LogP contribution in [0.5, 0.6) is 5.88 Å². The van der Waals surface area contributed by atoms with Gasteiger partial charge in [0.25, 0.3) is 0 Å². The molecule has 2 aromatic heterocycles. The fourth-order valence-electron chi connectivity index (χ4n) is 2.78. The number of rotatable bonds is 8. The highest BCUT2D eigenvalue weighted by Gasteiger charge is 2.13. The second-order valence-corrected chi connectivity index (χ2v) is 6.25. The number of ether oxygens (including phenoxy) is 2. The molecule has 8 heteroatoms. The number of amides is 2. The molecule has 0 bridgehead atoms. The summed E-state index contributed by atoms with van der Waals surface area (Å²) in [6, 6.07) is 7.14. The number of carbonyl (C=O) groups is 1. The number of nitrogens with zero attached hydrogens (tertiary/aromatic N) is 3. The number of nitrogens with one attached hydrogen (secondary N) is 2. The van der Waals surface area contributed by atoms with E-state index in [4.69, 9.17) is 9.47 Å². The summed E-state index contributed by atoms with van der Waals surface area (Å²) in [5.41, 5.74) is 1.54. The molecule has 0 unspecified atom stereocenters. The monoisotopic (exact) mass is 371 g/mol. The zero-order chi connectivity index (χ0) is 18.9. The van der Waals surface area contributed by atoms with E-state index in [-0.39, 0.29) is 6.03 Å². The molecular weight excluding hydrogens is 346 g/mol. The summed E-state index contributed by atoms with van der Waals surface area (Å²) >= 11 is 0. The average Bonchev–Trinajstić information content (AvgIpc) is 3.23. The number of carbonyl (C=O) groups excluding carboxylic acids is 1. The van der Waals surface area contributed by atoms with Gasteiger partial charge in [-0.25, -0.2) is 14.8 Å². The summed E-state index contributed by atoms with van der Waals surface area (Å²) < 4.78 is 10.3. The van der Waals surface area contributed by atoms with Crippen LogP contribution in [0.25, 0.3) is 0 Å². The maximum atomic E-state index is 12.0. The molecule has 0 saturated carbocycles. The van der Waals surface area contributed by atoms with Crippen molar-refractivity contribution in [2.75, 3.05) is 43.6 Å². The van der Waals surface area contributed by atoms with Gasteiger partial charge < -0.3 is 25.0 Å². The van der Waals surface area contributed by atoms with Crippen LogP contribution in [0, 0.1) is 0 Å². The third-order valence-corrected chi connectivity index (χ3v) is 4.22. The minimum absolute atomic E-state index is 0.298. The molecule has 2 N–H and O–H groups in total. The average molecular weight is 371 g/mol. The number of urea groups is 1. The van der Waals surface area contributed by atoms with Crippen molar-refractivity contribution in [1.29, 1.82) is 0 Å². The van der Waals surface area contributed by atoms with Crippen molar-refractivity contribution in [3.8, 4) is 5.88 Å². The van der Waals surface area contributed by atoms with Crippen molar-refractivity contribution in [2.24, 2.45) is 0 Å². The number of pyridine rings is 2. The summed E-state index contributed by atoms with van der Waals surface area (Å²) in [5.74, 6) is 1.49. The Labute approximate surface area is 158 Å². The molecule has 0 aromatic carbocycles. The minimum atomic E-state index is -0.298. The first-order valence-electron chi connectivity index (χ1n) is 9.07. The van der Waals surface area contributed by atoms with E-state index in [0.717, 1.165) is 24.5 Å². The number of methoxy groups -OCH3 is 1. The highest BCUT2D eigenvalue weighted by molar-refractivity contribution is 5.88. The van der Waals surface area contributed by atoms with Gasteiger partial charge >= 0.3 is 6.03 Å². The molecule has 1 fully saturated rings. The summed E-state index contributed by atoms with van der Waals surface area (Å²) in [5, 5.41) is 5.56. The predicted molar refractivity (Wildman–Crippen MR) is 103 cm³/mol. The lowest BCUT2D eigenvalue weighted by Gasteiger charge is -2.16. The molecule has 3 heterocycles. The van der Waals surface area contributed by atoms with E-state index >= 15 is 0 Å². The Kier molecular flexibility index (Phi) is 6.81. The molecule has 0 radical (unpaired) electrons. The highest BCUT2D eigenvalue weighted by atomic mass is 16.5. The summed E-state index contributed by atoms with van der Waals surface area (Å²) in [7, 11) is 1.61. The second-order valence-electron chi connectivity index (χ2n) is 6.25. The molecule has 0 spiro atoms. The Morgan fingerprint density at radius 3 is 2.63 bits per heavy atom. The van der Waals surface area contributed by atoms with Crippen molar-refractivity contribution in [3.05, 3.63) is 42.2 Å². The maximum Gasteiger partial charge on any atom is 0.319 e. The van der Waals surface area contributed by atoms with E-state index < -0.39 is 0 Å². The number of hydrogen-bond donors (Lipinski definition) is 2. The standard InChI is InChI=1S/C19H25N5O3/c1-26-10-11-27-18-7-5-16(14-21-18)23-19(25)22-13-15-4-6-17(20-12-15)24-8-2-3-9-24/h4-7,12,14H,2-3,8-11,13H2,1H3,(H2,22,23,25). The van der Waals surface area contributed by atoms with Crippen molar-refractivity contribution in [3.63, 3.8) is 0 Å². The van der Waals surface area contributed by atoms with Crippen LogP contribution in [0.2, 0.25) is 0 Å². The summed E-state index contributed by atoms with van der Waals surface area (Å²) in [4.78, 5) is 22.9. The lowest BCUT2D eigenvalue weighted by Crippen LogP contribution is -2.28. The Hall–Kier alpha value is -2.87. The molecule has 0 atom stereocenters. The van der Waals surface area contributed by atoms with E-state index in [1.807, 2.05) is 18.3 Å². The molecule has 1 saturated heterocycles. The third-order valence-electron chi connectivity index (χ3n) is 4.22. The van der Waals surface area contributed by atoms with E-state index in [0.29, 0.717) is 31.3 Å². The van der Waals surface area contributed by atoms with Gasteiger partial charge in [0.2, 0.25) is 5.88 Å².